The second kappa shape index (κ2) is 8.53. The summed E-state index contributed by atoms with van der Waals surface area (Å²) in [5.74, 6) is 1.46. The van der Waals surface area contributed by atoms with Gasteiger partial charge in [-0.05, 0) is 49.8 Å². The molecular formula is C22H27N3O3S. The normalized spacial score (nSPS) is 21.8. The summed E-state index contributed by atoms with van der Waals surface area (Å²) in [6.07, 6.45) is 3.11. The van der Waals surface area contributed by atoms with Crippen LogP contribution in [0.25, 0.3) is 0 Å². The van der Waals surface area contributed by atoms with Gasteiger partial charge in [0.05, 0.1) is 12.1 Å². The first-order valence-corrected chi connectivity index (χ1v) is 11.1. The fourth-order valence-electron chi connectivity index (χ4n) is 4.49. The Morgan fingerprint density at radius 3 is 2.76 bits per heavy atom. The standard InChI is InChI=1S/C22H27N3O3S/c1-15-23-19(14-29-15)22(27)24-11-10-20-17(13-24)5-8-21(26)25(20)12-9-16-3-6-18(28-2)7-4-16/h3-4,6-7,14,17,20H,5,8-13H2,1-2H3/t17-,20+/m1/s1. The molecular weight excluding hydrogens is 386 g/mol. The monoisotopic (exact) mass is 413 g/mol. The Hall–Kier alpha value is -2.41. The first-order chi connectivity index (χ1) is 14.0. The highest BCUT2D eigenvalue weighted by atomic mass is 32.1. The zero-order valence-electron chi connectivity index (χ0n) is 17.0. The van der Waals surface area contributed by atoms with Crippen LogP contribution < -0.4 is 4.74 Å². The Balaban J connectivity index is 1.39. The van der Waals surface area contributed by atoms with Gasteiger partial charge in [-0.1, -0.05) is 12.1 Å². The van der Waals surface area contributed by atoms with Crippen LogP contribution in [-0.2, 0) is 11.2 Å². The van der Waals surface area contributed by atoms with Crippen LogP contribution in [0.2, 0.25) is 0 Å². The maximum atomic E-state index is 12.8. The molecule has 0 aliphatic carbocycles. The number of hydrogen-bond donors (Lipinski definition) is 0. The average molecular weight is 414 g/mol. The summed E-state index contributed by atoms with van der Waals surface area (Å²) in [6, 6.07) is 8.26. The van der Waals surface area contributed by atoms with Crippen molar-refractivity contribution in [1.82, 2.24) is 14.8 Å². The van der Waals surface area contributed by atoms with E-state index in [0.717, 1.165) is 36.6 Å². The summed E-state index contributed by atoms with van der Waals surface area (Å²) < 4.78 is 5.21. The minimum absolute atomic E-state index is 0.0227. The maximum absolute atomic E-state index is 12.8. The Morgan fingerprint density at radius 2 is 2.07 bits per heavy atom. The van der Waals surface area contributed by atoms with E-state index in [1.54, 1.807) is 7.11 Å². The number of thiazole rings is 1. The summed E-state index contributed by atoms with van der Waals surface area (Å²) in [5, 5.41) is 2.76. The highest BCUT2D eigenvalue weighted by Crippen LogP contribution is 2.32. The lowest BCUT2D eigenvalue weighted by atomic mass is 9.83. The SMILES string of the molecule is COc1ccc(CCN2C(=O)CC[C@@H]3CN(C(=O)c4csc(C)n4)CC[C@@H]32)cc1. The molecule has 2 saturated heterocycles. The summed E-state index contributed by atoms with van der Waals surface area (Å²) >= 11 is 1.51. The Morgan fingerprint density at radius 1 is 1.28 bits per heavy atom. The molecule has 154 valence electrons. The van der Waals surface area contributed by atoms with Gasteiger partial charge in [-0.15, -0.1) is 11.3 Å². The number of hydrogen-bond acceptors (Lipinski definition) is 5. The summed E-state index contributed by atoms with van der Waals surface area (Å²) in [5.41, 5.74) is 1.75. The van der Waals surface area contributed by atoms with E-state index in [1.807, 2.05) is 29.3 Å². The summed E-state index contributed by atoms with van der Waals surface area (Å²) in [7, 11) is 1.66. The number of carbonyl (C=O) groups is 2. The van der Waals surface area contributed by atoms with E-state index < -0.39 is 0 Å². The van der Waals surface area contributed by atoms with Gasteiger partial charge >= 0.3 is 0 Å². The Labute approximate surface area is 175 Å². The van der Waals surface area contributed by atoms with Gasteiger partial charge in [0.1, 0.15) is 11.4 Å². The van der Waals surface area contributed by atoms with E-state index in [4.69, 9.17) is 4.74 Å². The number of ether oxygens (including phenoxy) is 1. The Kier molecular flexibility index (Phi) is 5.85. The van der Waals surface area contributed by atoms with Crippen LogP contribution in [0.3, 0.4) is 0 Å². The number of nitrogens with zero attached hydrogens (tertiary/aromatic N) is 3. The quantitative estimate of drug-likeness (QED) is 0.755. The molecule has 4 rings (SSSR count). The van der Waals surface area contributed by atoms with Crippen LogP contribution in [0.4, 0.5) is 0 Å². The molecule has 0 N–H and O–H groups in total. The Bertz CT molecular complexity index is 880. The number of aromatic nitrogens is 1. The zero-order valence-corrected chi connectivity index (χ0v) is 17.8. The molecule has 2 aromatic rings. The molecule has 0 unspecified atom stereocenters. The van der Waals surface area contributed by atoms with Crippen molar-refractivity contribution in [2.75, 3.05) is 26.7 Å². The third-order valence-corrected chi connectivity index (χ3v) is 6.84. The molecule has 29 heavy (non-hydrogen) atoms. The van der Waals surface area contributed by atoms with E-state index in [-0.39, 0.29) is 17.9 Å². The number of amides is 2. The van der Waals surface area contributed by atoms with Crippen molar-refractivity contribution >= 4 is 23.2 Å². The van der Waals surface area contributed by atoms with Crippen LogP contribution in [0.15, 0.2) is 29.6 Å². The lowest BCUT2D eigenvalue weighted by molar-refractivity contribution is -0.140. The van der Waals surface area contributed by atoms with E-state index in [0.29, 0.717) is 31.1 Å². The molecule has 2 aliphatic heterocycles. The van der Waals surface area contributed by atoms with Gasteiger partial charge in [-0.2, -0.15) is 0 Å². The van der Waals surface area contributed by atoms with Gasteiger partial charge in [0.2, 0.25) is 5.91 Å². The first kappa shape index (κ1) is 19.9. The van der Waals surface area contributed by atoms with Gasteiger partial charge in [-0.25, -0.2) is 4.98 Å². The summed E-state index contributed by atoms with van der Waals surface area (Å²) in [6.45, 7) is 4.04. The fourth-order valence-corrected chi connectivity index (χ4v) is 5.08. The topological polar surface area (TPSA) is 62.7 Å². The molecule has 7 heteroatoms. The van der Waals surface area contributed by atoms with Crippen LogP contribution >= 0.6 is 11.3 Å². The van der Waals surface area contributed by atoms with E-state index in [2.05, 4.69) is 22.0 Å². The third kappa shape index (κ3) is 4.29. The first-order valence-electron chi connectivity index (χ1n) is 10.2. The maximum Gasteiger partial charge on any atom is 0.273 e. The number of fused-ring (bicyclic) bond motifs is 1. The van der Waals surface area contributed by atoms with Gasteiger partial charge in [0, 0.05) is 37.5 Å². The van der Waals surface area contributed by atoms with Gasteiger partial charge in [-0.3, -0.25) is 9.59 Å². The largest absolute Gasteiger partial charge is 0.497 e. The number of piperidine rings is 2. The van der Waals surface area contributed by atoms with E-state index in [9.17, 15) is 9.59 Å². The zero-order chi connectivity index (χ0) is 20.4. The van der Waals surface area contributed by atoms with Crippen LogP contribution in [0.1, 0.15) is 40.3 Å². The molecule has 0 spiro atoms. The van der Waals surface area contributed by atoms with Gasteiger partial charge in [0.25, 0.3) is 5.91 Å². The number of aryl methyl sites for hydroxylation is 1. The highest BCUT2D eigenvalue weighted by Gasteiger charge is 2.40. The molecule has 2 aliphatic rings. The molecule has 6 nitrogen and oxygen atoms in total. The molecule has 1 aromatic heterocycles. The average Bonchev–Trinajstić information content (AvgIpc) is 3.19. The van der Waals surface area contributed by atoms with Crippen molar-refractivity contribution in [2.45, 2.75) is 38.6 Å². The van der Waals surface area contributed by atoms with Crippen LogP contribution in [0.5, 0.6) is 5.75 Å². The molecule has 2 atom stereocenters. The van der Waals surface area contributed by atoms with E-state index >= 15 is 0 Å². The van der Waals surface area contributed by atoms with Crippen LogP contribution in [0, 0.1) is 12.8 Å². The minimum atomic E-state index is 0.0227. The van der Waals surface area contributed by atoms with Gasteiger partial charge in [0.15, 0.2) is 0 Å². The van der Waals surface area contributed by atoms with Crippen molar-refractivity contribution in [3.63, 3.8) is 0 Å². The number of benzene rings is 1. The lowest BCUT2D eigenvalue weighted by Crippen LogP contribution is -2.57. The second-order valence-corrected chi connectivity index (χ2v) is 8.91. The van der Waals surface area contributed by atoms with Gasteiger partial charge < -0.3 is 14.5 Å². The molecule has 0 bridgehead atoms. The van der Waals surface area contributed by atoms with Crippen molar-refractivity contribution in [3.05, 3.63) is 45.9 Å². The molecule has 2 amide bonds. The number of methoxy groups -OCH3 is 1. The second-order valence-electron chi connectivity index (χ2n) is 7.84. The van der Waals surface area contributed by atoms with Crippen molar-refractivity contribution < 1.29 is 14.3 Å². The molecule has 3 heterocycles. The van der Waals surface area contributed by atoms with Crippen molar-refractivity contribution in [3.8, 4) is 5.75 Å². The van der Waals surface area contributed by atoms with Crippen molar-refractivity contribution in [2.24, 2.45) is 5.92 Å². The number of rotatable bonds is 5. The molecule has 0 saturated carbocycles. The van der Waals surface area contributed by atoms with E-state index in [1.165, 1.54) is 16.9 Å². The lowest BCUT2D eigenvalue weighted by Gasteiger charge is -2.47. The van der Waals surface area contributed by atoms with Crippen LogP contribution in [-0.4, -0.2) is 59.4 Å². The number of carbonyl (C=O) groups excluding carboxylic acids is 2. The minimum Gasteiger partial charge on any atom is -0.497 e. The molecule has 0 radical (unpaired) electrons. The predicted molar refractivity (Wildman–Crippen MR) is 112 cm³/mol. The predicted octanol–water partition coefficient (Wildman–Crippen LogP) is 3.16. The molecule has 2 fully saturated rings. The number of likely N-dealkylation sites (tertiary alicyclic amines) is 2. The third-order valence-electron chi connectivity index (χ3n) is 6.07. The fraction of sp³-hybridized carbons (Fsp3) is 0.500. The smallest absolute Gasteiger partial charge is 0.273 e. The highest BCUT2D eigenvalue weighted by molar-refractivity contribution is 7.09. The summed E-state index contributed by atoms with van der Waals surface area (Å²) in [4.78, 5) is 33.7. The van der Waals surface area contributed by atoms with Crippen molar-refractivity contribution in [1.29, 1.82) is 0 Å². The molecule has 1 aromatic carbocycles.